The molecule has 4 rings (SSSR count). The van der Waals surface area contributed by atoms with Gasteiger partial charge in [0.05, 0.1) is 25.2 Å². The molecule has 3 heterocycles. The first kappa shape index (κ1) is 19.0. The number of amides is 1. The van der Waals surface area contributed by atoms with Crippen molar-refractivity contribution in [2.45, 2.75) is 25.8 Å². The van der Waals surface area contributed by atoms with Gasteiger partial charge in [0.25, 0.3) is 0 Å². The van der Waals surface area contributed by atoms with E-state index in [9.17, 15) is 4.79 Å². The van der Waals surface area contributed by atoms with Crippen molar-refractivity contribution >= 4 is 17.5 Å². The third kappa shape index (κ3) is 4.56. The molecule has 0 radical (unpaired) electrons. The quantitative estimate of drug-likeness (QED) is 0.623. The van der Waals surface area contributed by atoms with Crippen molar-refractivity contribution in [3.63, 3.8) is 0 Å². The largest absolute Gasteiger partial charge is 0.449 e. The van der Waals surface area contributed by atoms with E-state index in [0.717, 1.165) is 49.4 Å². The zero-order chi connectivity index (χ0) is 20.1. The van der Waals surface area contributed by atoms with Gasteiger partial charge in [0.15, 0.2) is 0 Å². The Morgan fingerprint density at radius 3 is 2.93 bits per heavy atom. The number of carbonyl (C=O) groups is 1. The van der Waals surface area contributed by atoms with Crippen LogP contribution in [-0.4, -0.2) is 41.2 Å². The summed E-state index contributed by atoms with van der Waals surface area (Å²) in [7, 11) is 1.75. The molecule has 7 nitrogen and oxygen atoms in total. The molecule has 1 N–H and O–H groups in total. The first-order valence-electron chi connectivity index (χ1n) is 9.85. The predicted molar refractivity (Wildman–Crippen MR) is 112 cm³/mol. The maximum Gasteiger partial charge on any atom is 0.414 e. The number of aromatic amines is 1. The van der Waals surface area contributed by atoms with Crippen molar-refractivity contribution in [3.05, 3.63) is 72.1 Å². The van der Waals surface area contributed by atoms with E-state index in [1.807, 2.05) is 24.4 Å². The number of anilines is 2. The minimum absolute atomic E-state index is 0.337. The van der Waals surface area contributed by atoms with Crippen molar-refractivity contribution in [2.24, 2.45) is 0 Å². The number of hydrogen-bond acceptors (Lipinski definition) is 5. The molecule has 1 aromatic carbocycles. The Morgan fingerprint density at radius 2 is 2.14 bits per heavy atom. The number of aryl methyl sites for hydroxylation is 1. The summed E-state index contributed by atoms with van der Waals surface area (Å²) >= 11 is 0. The van der Waals surface area contributed by atoms with Crippen LogP contribution in [-0.2, 0) is 24.1 Å². The fourth-order valence-corrected chi connectivity index (χ4v) is 3.57. The number of pyridine rings is 1. The Bertz CT molecular complexity index is 943. The summed E-state index contributed by atoms with van der Waals surface area (Å²) in [4.78, 5) is 27.6. The third-order valence-corrected chi connectivity index (χ3v) is 5.21. The normalized spacial score (nSPS) is 12.7. The number of carbonyl (C=O) groups excluding carboxylic acids is 1. The summed E-state index contributed by atoms with van der Waals surface area (Å²) in [5, 5.41) is 0. The van der Waals surface area contributed by atoms with Crippen molar-refractivity contribution in [1.29, 1.82) is 0 Å². The highest BCUT2D eigenvalue weighted by Gasteiger charge is 2.22. The van der Waals surface area contributed by atoms with Crippen LogP contribution in [0.4, 0.5) is 16.2 Å². The number of benzene rings is 1. The molecule has 0 saturated carbocycles. The molecule has 2 aromatic heterocycles. The number of aromatic nitrogens is 3. The first-order chi connectivity index (χ1) is 14.2. The fraction of sp³-hybridized carbons (Fsp3) is 0.318. The van der Waals surface area contributed by atoms with Gasteiger partial charge in [0.1, 0.15) is 0 Å². The van der Waals surface area contributed by atoms with Crippen molar-refractivity contribution in [1.82, 2.24) is 15.0 Å². The number of rotatable bonds is 7. The maximum atomic E-state index is 12.5. The molecular formula is C22H25N5O2. The van der Waals surface area contributed by atoms with Crippen LogP contribution in [0.5, 0.6) is 0 Å². The van der Waals surface area contributed by atoms with Gasteiger partial charge in [-0.15, -0.1) is 0 Å². The molecule has 1 amide bonds. The van der Waals surface area contributed by atoms with E-state index >= 15 is 0 Å². The standard InChI is InChI=1S/C22H25N5O2/c1-26(22(28)29-12-2-3-17-6-9-23-10-7-17)20-5-4-18-8-11-27(21(18)13-20)15-19-14-24-16-25-19/h4-7,9-10,13-14,16H,2-3,8,11-12,15H2,1H3,(H,24,25). The van der Waals surface area contributed by atoms with Gasteiger partial charge in [-0.25, -0.2) is 9.78 Å². The summed E-state index contributed by atoms with van der Waals surface area (Å²) in [5.74, 6) is 0. The highest BCUT2D eigenvalue weighted by molar-refractivity contribution is 5.88. The van der Waals surface area contributed by atoms with Gasteiger partial charge in [-0.3, -0.25) is 9.88 Å². The molecule has 150 valence electrons. The molecule has 0 unspecified atom stereocenters. The van der Waals surface area contributed by atoms with Crippen LogP contribution in [0.2, 0.25) is 0 Å². The van der Waals surface area contributed by atoms with E-state index in [0.29, 0.717) is 6.61 Å². The minimum atomic E-state index is -0.337. The number of imidazole rings is 1. The zero-order valence-corrected chi connectivity index (χ0v) is 16.5. The van der Waals surface area contributed by atoms with Crippen LogP contribution in [0.25, 0.3) is 0 Å². The van der Waals surface area contributed by atoms with Crippen molar-refractivity contribution in [2.75, 3.05) is 30.0 Å². The molecule has 0 spiro atoms. The van der Waals surface area contributed by atoms with Gasteiger partial charge in [0.2, 0.25) is 0 Å². The Labute approximate surface area is 170 Å². The average molecular weight is 391 g/mol. The molecule has 7 heteroatoms. The maximum absolute atomic E-state index is 12.5. The number of hydrogen-bond donors (Lipinski definition) is 1. The van der Waals surface area contributed by atoms with Crippen LogP contribution in [0.3, 0.4) is 0 Å². The molecule has 0 fully saturated rings. The van der Waals surface area contributed by atoms with Crippen LogP contribution < -0.4 is 9.80 Å². The molecule has 0 aliphatic carbocycles. The molecule has 0 bridgehead atoms. The van der Waals surface area contributed by atoms with Crippen LogP contribution in [0, 0.1) is 0 Å². The van der Waals surface area contributed by atoms with Gasteiger partial charge >= 0.3 is 6.09 Å². The van der Waals surface area contributed by atoms with E-state index in [2.05, 4.69) is 32.0 Å². The monoisotopic (exact) mass is 391 g/mol. The second-order valence-corrected chi connectivity index (χ2v) is 7.18. The number of fused-ring (bicyclic) bond motifs is 1. The molecule has 0 atom stereocenters. The van der Waals surface area contributed by atoms with E-state index in [4.69, 9.17) is 4.74 Å². The number of ether oxygens (including phenoxy) is 1. The second kappa shape index (κ2) is 8.77. The summed E-state index contributed by atoms with van der Waals surface area (Å²) < 4.78 is 5.46. The average Bonchev–Trinajstić information content (AvgIpc) is 3.41. The summed E-state index contributed by atoms with van der Waals surface area (Å²) in [5.41, 5.74) is 5.48. The van der Waals surface area contributed by atoms with Crippen LogP contribution >= 0.6 is 0 Å². The second-order valence-electron chi connectivity index (χ2n) is 7.18. The highest BCUT2D eigenvalue weighted by atomic mass is 16.6. The van der Waals surface area contributed by atoms with Gasteiger partial charge in [0, 0.05) is 43.6 Å². The lowest BCUT2D eigenvalue weighted by Crippen LogP contribution is -2.27. The molecule has 29 heavy (non-hydrogen) atoms. The number of H-pyrrole nitrogens is 1. The smallest absolute Gasteiger partial charge is 0.414 e. The summed E-state index contributed by atoms with van der Waals surface area (Å²) in [6.45, 7) is 2.10. The van der Waals surface area contributed by atoms with E-state index in [1.165, 1.54) is 11.1 Å². The summed E-state index contributed by atoms with van der Waals surface area (Å²) in [6.07, 6.45) is 9.47. The van der Waals surface area contributed by atoms with Crippen molar-refractivity contribution in [3.8, 4) is 0 Å². The zero-order valence-electron chi connectivity index (χ0n) is 16.5. The lowest BCUT2D eigenvalue weighted by atomic mass is 10.1. The SMILES string of the molecule is CN(C(=O)OCCCc1ccncc1)c1ccc2c(c1)N(Cc1c[nH]cn1)CC2. The van der Waals surface area contributed by atoms with Crippen LogP contribution in [0.1, 0.15) is 23.2 Å². The topological polar surface area (TPSA) is 74.4 Å². The van der Waals surface area contributed by atoms with Gasteiger partial charge in [-0.2, -0.15) is 0 Å². The lowest BCUT2D eigenvalue weighted by Gasteiger charge is -2.22. The Balaban J connectivity index is 1.33. The first-order valence-corrected chi connectivity index (χ1v) is 9.85. The van der Waals surface area contributed by atoms with E-state index in [-0.39, 0.29) is 6.09 Å². The van der Waals surface area contributed by atoms with E-state index in [1.54, 1.807) is 30.7 Å². The van der Waals surface area contributed by atoms with Gasteiger partial charge < -0.3 is 14.6 Å². The Morgan fingerprint density at radius 1 is 1.28 bits per heavy atom. The van der Waals surface area contributed by atoms with E-state index < -0.39 is 0 Å². The highest BCUT2D eigenvalue weighted by Crippen LogP contribution is 2.33. The van der Waals surface area contributed by atoms with Gasteiger partial charge in [-0.05, 0) is 54.7 Å². The molecule has 0 saturated heterocycles. The minimum Gasteiger partial charge on any atom is -0.449 e. The van der Waals surface area contributed by atoms with Crippen LogP contribution in [0.15, 0.2) is 55.2 Å². The molecule has 1 aliphatic rings. The number of nitrogens with one attached hydrogen (secondary N) is 1. The van der Waals surface area contributed by atoms with Crippen molar-refractivity contribution < 1.29 is 9.53 Å². The molecular weight excluding hydrogens is 366 g/mol. The fourth-order valence-electron chi connectivity index (χ4n) is 3.57. The molecule has 3 aromatic rings. The lowest BCUT2D eigenvalue weighted by molar-refractivity contribution is 0.153. The predicted octanol–water partition coefficient (Wildman–Crippen LogP) is 3.57. The molecule has 1 aliphatic heterocycles. The number of nitrogens with zero attached hydrogens (tertiary/aromatic N) is 4. The Hall–Kier alpha value is -3.35. The Kier molecular flexibility index (Phi) is 5.74. The van der Waals surface area contributed by atoms with Gasteiger partial charge in [-0.1, -0.05) is 6.07 Å². The third-order valence-electron chi connectivity index (χ3n) is 5.21. The summed E-state index contributed by atoms with van der Waals surface area (Å²) in [6, 6.07) is 10.1.